The number of aromatic nitrogens is 1. The number of pyridine rings is 1. The van der Waals surface area contributed by atoms with E-state index in [0.717, 1.165) is 35.2 Å². The maximum atomic E-state index is 13.4. The first kappa shape index (κ1) is 38.2. The number of nitrogens with two attached hydrogens (primary N) is 1. The van der Waals surface area contributed by atoms with Crippen LogP contribution in [0.25, 0.3) is 10.9 Å². The Kier molecular flexibility index (Phi) is 12.0. The van der Waals surface area contributed by atoms with Gasteiger partial charge in [0.05, 0.1) is 11.6 Å². The number of aliphatic hydroxyl groups is 1. The number of hydrogen-bond donors (Lipinski definition) is 5. The lowest BCUT2D eigenvalue weighted by Crippen LogP contribution is -2.49. The number of fused-ring (bicyclic) bond motifs is 1. The normalized spacial score (nSPS) is 15.1. The fourth-order valence-corrected chi connectivity index (χ4v) is 7.96. The van der Waals surface area contributed by atoms with E-state index >= 15 is 0 Å². The molecule has 1 aliphatic heterocycles. The molecule has 7 rings (SSSR count). The van der Waals surface area contributed by atoms with Gasteiger partial charge in [-0.1, -0.05) is 109 Å². The van der Waals surface area contributed by atoms with E-state index in [0.29, 0.717) is 60.6 Å². The molecule has 1 aromatic heterocycles. The molecule has 2 atom stereocenters. The molecule has 2 heterocycles. The van der Waals surface area contributed by atoms with Crippen molar-refractivity contribution >= 4 is 28.4 Å². The molecule has 10 heteroatoms. The number of rotatable bonds is 16. The minimum Gasteiger partial charge on any atom is -0.487 e. The number of nitrogens with one attached hydrogen (secondary N) is 3. The van der Waals surface area contributed by atoms with Crippen LogP contribution in [-0.4, -0.2) is 53.0 Å². The summed E-state index contributed by atoms with van der Waals surface area (Å²) in [5.41, 5.74) is 10.7. The molecule has 5 aromatic carbocycles. The lowest BCUT2D eigenvalue weighted by molar-refractivity contribution is -0.124. The van der Waals surface area contributed by atoms with Gasteiger partial charge in [-0.3, -0.25) is 14.4 Å². The molecule has 2 amide bonds. The molecule has 6 N–H and O–H groups in total. The van der Waals surface area contributed by atoms with Crippen LogP contribution < -0.4 is 26.7 Å². The van der Waals surface area contributed by atoms with Gasteiger partial charge in [-0.2, -0.15) is 0 Å². The van der Waals surface area contributed by atoms with Crippen LogP contribution in [0.5, 0.6) is 5.75 Å². The number of nitrogens with zero attached hydrogens (tertiary/aromatic N) is 1. The van der Waals surface area contributed by atoms with Gasteiger partial charge in [0.25, 0.3) is 0 Å². The highest BCUT2D eigenvalue weighted by molar-refractivity contribution is 5.92. The Labute approximate surface area is 326 Å². The zero-order valence-corrected chi connectivity index (χ0v) is 31.2. The predicted octanol–water partition coefficient (Wildman–Crippen LogP) is 6.05. The number of hydrogen-bond acceptors (Lipinski definition) is 7. The molecule has 10 nitrogen and oxygen atoms in total. The summed E-state index contributed by atoms with van der Waals surface area (Å²) >= 11 is 0. The average Bonchev–Trinajstić information content (AvgIpc) is 3.70. The first-order chi connectivity index (χ1) is 27.3. The summed E-state index contributed by atoms with van der Waals surface area (Å²) in [4.78, 5) is 43.7. The second-order valence-electron chi connectivity index (χ2n) is 14.4. The van der Waals surface area contributed by atoms with E-state index in [1.807, 2.05) is 121 Å². The third-order valence-corrected chi connectivity index (χ3v) is 10.8. The van der Waals surface area contributed by atoms with Gasteiger partial charge in [-0.15, -0.1) is 0 Å². The standard InChI is InChI=1S/C46H47N5O5/c47-45(55)46(34-12-6-2-7-13-34,35-14-8-3-9-15-35)36-24-26-51(30-36)27-25-43(54)49-37-18-16-32(17-19-37)28-48-29-40(52)38-20-22-41(44-39(38)21-23-42(53)50-44)56-31-33-10-4-1-5-11-33/h1-23,36,40,48,52H,24-31H2,(H2,47,55)(H,49,54)(H,50,53). The van der Waals surface area contributed by atoms with Gasteiger partial charge in [0.15, 0.2) is 0 Å². The molecule has 0 radical (unpaired) electrons. The summed E-state index contributed by atoms with van der Waals surface area (Å²) in [5, 5.41) is 18.2. The van der Waals surface area contributed by atoms with Crippen LogP contribution in [0.1, 0.15) is 46.8 Å². The van der Waals surface area contributed by atoms with Crippen LogP contribution in [0.3, 0.4) is 0 Å². The van der Waals surface area contributed by atoms with Gasteiger partial charge in [0.1, 0.15) is 17.8 Å². The Morgan fingerprint density at radius 3 is 2.16 bits per heavy atom. The van der Waals surface area contributed by atoms with E-state index in [1.165, 1.54) is 6.07 Å². The number of H-pyrrole nitrogens is 1. The van der Waals surface area contributed by atoms with Crippen molar-refractivity contribution in [1.82, 2.24) is 15.2 Å². The van der Waals surface area contributed by atoms with E-state index in [4.69, 9.17) is 10.5 Å². The number of carbonyl (C=O) groups is 2. The van der Waals surface area contributed by atoms with Gasteiger partial charge in [-0.25, -0.2) is 0 Å². The van der Waals surface area contributed by atoms with Crippen LogP contribution in [0.2, 0.25) is 0 Å². The number of carbonyl (C=O) groups excluding carboxylic acids is 2. The number of primary amides is 1. The van der Waals surface area contributed by atoms with E-state index in [-0.39, 0.29) is 29.8 Å². The molecular weight excluding hydrogens is 703 g/mol. The summed E-state index contributed by atoms with van der Waals surface area (Å²) < 4.78 is 6.04. The van der Waals surface area contributed by atoms with Gasteiger partial charge < -0.3 is 36.1 Å². The second kappa shape index (κ2) is 17.6. The molecule has 0 spiro atoms. The first-order valence-electron chi connectivity index (χ1n) is 19.0. The monoisotopic (exact) mass is 749 g/mol. The summed E-state index contributed by atoms with van der Waals surface area (Å²) in [6.45, 7) is 3.13. The first-order valence-corrected chi connectivity index (χ1v) is 19.0. The quantitative estimate of drug-likeness (QED) is 0.0809. The zero-order chi connectivity index (χ0) is 38.9. The molecule has 1 fully saturated rings. The summed E-state index contributed by atoms with van der Waals surface area (Å²) in [6, 6.07) is 43.8. The van der Waals surface area contributed by atoms with Gasteiger partial charge >= 0.3 is 0 Å². The van der Waals surface area contributed by atoms with E-state index in [9.17, 15) is 19.5 Å². The maximum absolute atomic E-state index is 13.4. The molecule has 56 heavy (non-hydrogen) atoms. The Bertz CT molecular complexity index is 2260. The molecule has 6 aromatic rings. The molecule has 2 unspecified atom stereocenters. The summed E-state index contributed by atoms with van der Waals surface area (Å²) in [6.07, 6.45) is 0.269. The minimum absolute atomic E-state index is 0.0367. The van der Waals surface area contributed by atoms with Crippen LogP contribution in [0.15, 0.2) is 144 Å². The number of benzene rings is 5. The van der Waals surface area contributed by atoms with Crippen LogP contribution in [0.4, 0.5) is 5.69 Å². The molecule has 0 aliphatic carbocycles. The Hall–Kier alpha value is -6.07. The zero-order valence-electron chi connectivity index (χ0n) is 31.2. The molecule has 0 bridgehead atoms. The molecule has 286 valence electrons. The Morgan fingerprint density at radius 2 is 1.50 bits per heavy atom. The molecular formula is C46H47N5O5. The lowest BCUT2D eigenvalue weighted by atomic mass is 9.64. The van der Waals surface area contributed by atoms with E-state index < -0.39 is 11.5 Å². The van der Waals surface area contributed by atoms with Crippen LogP contribution >= 0.6 is 0 Å². The van der Waals surface area contributed by atoms with Crippen LogP contribution in [-0.2, 0) is 28.2 Å². The highest BCUT2D eigenvalue weighted by atomic mass is 16.5. The van der Waals surface area contributed by atoms with Crippen molar-refractivity contribution in [1.29, 1.82) is 0 Å². The number of ether oxygens (including phenoxy) is 1. The fourth-order valence-electron chi connectivity index (χ4n) is 7.96. The third-order valence-electron chi connectivity index (χ3n) is 10.8. The fraction of sp³-hybridized carbons (Fsp3) is 0.239. The average molecular weight is 750 g/mol. The van der Waals surface area contributed by atoms with E-state index in [2.05, 4.69) is 20.5 Å². The van der Waals surface area contributed by atoms with E-state index in [1.54, 1.807) is 12.1 Å². The Balaban J connectivity index is 0.900. The van der Waals surface area contributed by atoms with Gasteiger partial charge in [0, 0.05) is 49.7 Å². The van der Waals surface area contributed by atoms with Crippen molar-refractivity contribution in [3.05, 3.63) is 178 Å². The van der Waals surface area contributed by atoms with Crippen molar-refractivity contribution in [2.45, 2.75) is 37.5 Å². The highest BCUT2D eigenvalue weighted by Gasteiger charge is 2.49. The molecule has 1 aliphatic rings. The number of amides is 2. The summed E-state index contributed by atoms with van der Waals surface area (Å²) in [5.74, 6) is 0.0541. The smallest absolute Gasteiger partial charge is 0.248 e. The largest absolute Gasteiger partial charge is 0.487 e. The van der Waals surface area contributed by atoms with Crippen LogP contribution in [0, 0.1) is 5.92 Å². The van der Waals surface area contributed by atoms with Crippen molar-refractivity contribution in [2.75, 3.05) is 31.5 Å². The predicted molar refractivity (Wildman–Crippen MR) is 219 cm³/mol. The number of aromatic amines is 1. The van der Waals surface area contributed by atoms with Gasteiger partial charge in [-0.05, 0) is 71.0 Å². The molecule has 0 saturated carbocycles. The van der Waals surface area contributed by atoms with Crippen molar-refractivity contribution in [3.8, 4) is 5.75 Å². The van der Waals surface area contributed by atoms with Crippen molar-refractivity contribution in [2.24, 2.45) is 11.7 Å². The number of anilines is 1. The van der Waals surface area contributed by atoms with Crippen molar-refractivity contribution in [3.63, 3.8) is 0 Å². The number of likely N-dealkylation sites (tertiary alicyclic amines) is 1. The highest BCUT2D eigenvalue weighted by Crippen LogP contribution is 2.43. The third kappa shape index (κ3) is 8.58. The SMILES string of the molecule is NC(=O)C(c1ccccc1)(c1ccccc1)C1CCN(CCC(=O)Nc2ccc(CNCC(O)c3ccc(OCc4ccccc4)c4[nH]c(=O)ccc34)cc2)C1. The topological polar surface area (TPSA) is 150 Å². The number of aliphatic hydroxyl groups excluding tert-OH is 1. The molecule has 1 saturated heterocycles. The second-order valence-corrected chi connectivity index (χ2v) is 14.4. The minimum atomic E-state index is -0.964. The summed E-state index contributed by atoms with van der Waals surface area (Å²) in [7, 11) is 0. The van der Waals surface area contributed by atoms with Crippen molar-refractivity contribution < 1.29 is 19.4 Å². The lowest BCUT2D eigenvalue weighted by Gasteiger charge is -2.37. The van der Waals surface area contributed by atoms with Gasteiger partial charge in [0.2, 0.25) is 17.4 Å². The maximum Gasteiger partial charge on any atom is 0.248 e. The Morgan fingerprint density at radius 1 is 0.839 bits per heavy atom.